The molecule has 0 aliphatic heterocycles. The van der Waals surface area contributed by atoms with Crippen LogP contribution in [0.3, 0.4) is 0 Å². The highest BCUT2D eigenvalue weighted by atomic mass is 16.3. The van der Waals surface area contributed by atoms with Crippen LogP contribution in [-0.2, 0) is 9.59 Å². The van der Waals surface area contributed by atoms with Crippen molar-refractivity contribution in [1.29, 1.82) is 0 Å². The molecule has 4 nitrogen and oxygen atoms in total. The van der Waals surface area contributed by atoms with E-state index in [1.54, 1.807) is 6.08 Å². The lowest BCUT2D eigenvalue weighted by molar-refractivity contribution is -0.142. The molecule has 0 saturated carbocycles. The minimum Gasteiger partial charge on any atom is -0.393 e. The third kappa shape index (κ3) is 18.0. The Morgan fingerprint density at radius 3 is 1.76 bits per heavy atom. The van der Waals surface area contributed by atoms with Crippen molar-refractivity contribution in [3.05, 3.63) is 48.6 Å². The predicted molar refractivity (Wildman–Crippen MR) is 121 cm³/mol. The Kier molecular flexibility index (Phi) is 19.7. The van der Waals surface area contributed by atoms with Crippen molar-refractivity contribution in [2.45, 2.75) is 90.1 Å². The van der Waals surface area contributed by atoms with Crippen LogP contribution in [-0.4, -0.2) is 34.5 Å². The molecule has 0 radical (unpaired) electrons. The number of carbonyl (C=O) groups excluding carboxylic acids is 2. The summed E-state index contributed by atoms with van der Waals surface area (Å²) in [7, 11) is 0. The van der Waals surface area contributed by atoms with E-state index in [1.165, 1.54) is 57.8 Å². The van der Waals surface area contributed by atoms with Gasteiger partial charge in [0.2, 0.25) is 11.6 Å². The van der Waals surface area contributed by atoms with Crippen molar-refractivity contribution >= 4 is 11.6 Å². The lowest BCUT2D eigenvalue weighted by atomic mass is 10.1. The van der Waals surface area contributed by atoms with Crippen LogP contribution in [0.1, 0.15) is 84.0 Å². The van der Waals surface area contributed by atoms with Gasteiger partial charge in [-0.3, -0.25) is 9.59 Å². The van der Waals surface area contributed by atoms with Crippen LogP contribution in [0.4, 0.5) is 0 Å². The molecule has 0 aromatic heterocycles. The molecule has 0 amide bonds. The molecule has 1 atom stereocenters. The number of rotatable bonds is 19. The molecular weight excluding hydrogens is 364 g/mol. The first kappa shape index (κ1) is 27.2. The van der Waals surface area contributed by atoms with Crippen LogP contribution in [0.2, 0.25) is 0 Å². The maximum Gasteiger partial charge on any atom is 0.229 e. The second-order valence-corrected chi connectivity index (χ2v) is 7.27. The second-order valence-electron chi connectivity index (χ2n) is 7.27. The molecule has 0 fully saturated rings. The van der Waals surface area contributed by atoms with E-state index in [0.717, 1.165) is 6.42 Å². The van der Waals surface area contributed by atoms with E-state index in [4.69, 9.17) is 10.2 Å². The van der Waals surface area contributed by atoms with Crippen LogP contribution in [0.5, 0.6) is 0 Å². The van der Waals surface area contributed by atoms with Crippen molar-refractivity contribution in [1.82, 2.24) is 0 Å². The van der Waals surface area contributed by atoms with Crippen molar-refractivity contribution in [3.8, 4) is 0 Å². The molecule has 4 heteroatoms. The normalized spacial score (nSPS) is 13.3. The number of aliphatic hydroxyl groups excluding tert-OH is 2. The molecule has 0 saturated heterocycles. The van der Waals surface area contributed by atoms with Gasteiger partial charge in [-0.25, -0.2) is 0 Å². The number of hydrogen-bond donors (Lipinski definition) is 2. The number of allylic oxidation sites excluding steroid dienone is 8. The summed E-state index contributed by atoms with van der Waals surface area (Å²) in [6.45, 7) is 1.54. The van der Waals surface area contributed by atoms with Crippen LogP contribution in [0.25, 0.3) is 0 Å². The third-order valence-electron chi connectivity index (χ3n) is 4.59. The number of carbonyl (C=O) groups is 2. The van der Waals surface area contributed by atoms with Crippen molar-refractivity contribution < 1.29 is 19.8 Å². The quantitative estimate of drug-likeness (QED) is 0.172. The Balaban J connectivity index is 3.61. The van der Waals surface area contributed by atoms with Crippen LogP contribution in [0, 0.1) is 0 Å². The maximum absolute atomic E-state index is 11.4. The highest BCUT2D eigenvalue weighted by Gasteiger charge is 2.20. The fourth-order valence-corrected chi connectivity index (χ4v) is 2.79. The van der Waals surface area contributed by atoms with E-state index >= 15 is 0 Å². The smallest absolute Gasteiger partial charge is 0.229 e. The minimum absolute atomic E-state index is 0.0394. The topological polar surface area (TPSA) is 74.6 Å². The summed E-state index contributed by atoms with van der Waals surface area (Å²) in [6.07, 6.45) is 27.8. The fourth-order valence-electron chi connectivity index (χ4n) is 2.79. The highest BCUT2D eigenvalue weighted by Crippen LogP contribution is 2.10. The molecule has 0 aromatic rings. The molecule has 0 aliphatic rings. The number of ketones is 2. The lowest BCUT2D eigenvalue weighted by Gasteiger charge is -2.03. The average molecular weight is 405 g/mol. The number of Topliss-reactive ketones (excluding diaryl/α,β-unsaturated/α-hetero) is 2. The van der Waals surface area contributed by atoms with E-state index in [9.17, 15) is 9.59 Å². The summed E-state index contributed by atoms with van der Waals surface area (Å²) in [5.74, 6) is -1.58. The molecule has 164 valence electrons. The summed E-state index contributed by atoms with van der Waals surface area (Å²) >= 11 is 0. The van der Waals surface area contributed by atoms with E-state index < -0.39 is 24.3 Å². The molecule has 29 heavy (non-hydrogen) atoms. The van der Waals surface area contributed by atoms with Gasteiger partial charge < -0.3 is 10.2 Å². The van der Waals surface area contributed by atoms with Gasteiger partial charge in [-0.1, -0.05) is 107 Å². The van der Waals surface area contributed by atoms with Crippen LogP contribution < -0.4 is 0 Å². The summed E-state index contributed by atoms with van der Waals surface area (Å²) < 4.78 is 0. The summed E-state index contributed by atoms with van der Waals surface area (Å²) in [6, 6.07) is 0. The zero-order valence-corrected chi connectivity index (χ0v) is 18.1. The van der Waals surface area contributed by atoms with Crippen LogP contribution >= 0.6 is 0 Å². The molecule has 0 heterocycles. The van der Waals surface area contributed by atoms with Crippen molar-refractivity contribution in [3.63, 3.8) is 0 Å². The van der Waals surface area contributed by atoms with Gasteiger partial charge in [0.25, 0.3) is 0 Å². The molecule has 0 aliphatic carbocycles. The Morgan fingerprint density at radius 2 is 1.21 bits per heavy atom. The molecular formula is C25H40O4. The summed E-state index contributed by atoms with van der Waals surface area (Å²) in [5, 5.41) is 17.7. The highest BCUT2D eigenvalue weighted by molar-refractivity contribution is 6.38. The largest absolute Gasteiger partial charge is 0.393 e. The second kappa shape index (κ2) is 20.9. The zero-order valence-electron chi connectivity index (χ0n) is 18.1. The number of hydrogen-bond acceptors (Lipinski definition) is 4. The van der Waals surface area contributed by atoms with Gasteiger partial charge in [0.1, 0.15) is 6.10 Å². The van der Waals surface area contributed by atoms with Gasteiger partial charge in [-0.05, 0) is 19.3 Å². The minimum atomic E-state index is -1.59. The monoisotopic (exact) mass is 404 g/mol. The third-order valence-corrected chi connectivity index (χ3v) is 4.59. The Bertz CT molecular complexity index is 529. The standard InChI is InChI=1S/C25H40O4/c1-2-3-4-5-6-7-8-9-10-11-12-13-14-15-16-17-18-19-20-21-23(27)25(29)24(28)22-26/h12-19,24,26,28H,2-11,20-22H2,1H3. The first-order chi connectivity index (χ1) is 14.1. The average Bonchev–Trinajstić information content (AvgIpc) is 2.74. The van der Waals surface area contributed by atoms with E-state index in [1.807, 2.05) is 30.4 Å². The van der Waals surface area contributed by atoms with E-state index in [0.29, 0.717) is 6.42 Å². The molecule has 2 N–H and O–H groups in total. The molecule has 0 rings (SSSR count). The molecule has 1 unspecified atom stereocenters. The summed E-state index contributed by atoms with van der Waals surface area (Å²) in [5.41, 5.74) is 0. The first-order valence-electron chi connectivity index (χ1n) is 11.1. The Morgan fingerprint density at radius 1 is 0.724 bits per heavy atom. The van der Waals surface area contributed by atoms with Crippen molar-refractivity contribution in [2.75, 3.05) is 6.61 Å². The van der Waals surface area contributed by atoms with Gasteiger partial charge in [0.05, 0.1) is 6.61 Å². The van der Waals surface area contributed by atoms with Gasteiger partial charge in [0, 0.05) is 6.42 Å². The van der Waals surface area contributed by atoms with Gasteiger partial charge >= 0.3 is 0 Å². The van der Waals surface area contributed by atoms with Gasteiger partial charge in [-0.2, -0.15) is 0 Å². The molecule has 0 aromatic carbocycles. The lowest BCUT2D eigenvalue weighted by Crippen LogP contribution is -2.31. The fraction of sp³-hybridized carbons (Fsp3) is 0.600. The van der Waals surface area contributed by atoms with Gasteiger partial charge in [0.15, 0.2) is 0 Å². The zero-order chi connectivity index (χ0) is 21.6. The van der Waals surface area contributed by atoms with Crippen LogP contribution in [0.15, 0.2) is 48.6 Å². The Hall–Kier alpha value is -1.78. The van der Waals surface area contributed by atoms with Crippen molar-refractivity contribution in [2.24, 2.45) is 0 Å². The van der Waals surface area contributed by atoms with Gasteiger partial charge in [-0.15, -0.1) is 0 Å². The first-order valence-corrected chi connectivity index (χ1v) is 11.1. The SMILES string of the molecule is CCCCCCCCCCCC=CC=CC=CC=CCCC(=O)C(=O)C(O)CO. The molecule has 0 bridgehead atoms. The predicted octanol–water partition coefficient (Wildman–Crippen LogP) is 5.40. The molecule has 0 spiro atoms. The number of unbranched alkanes of at least 4 members (excludes halogenated alkanes) is 9. The summed E-state index contributed by atoms with van der Waals surface area (Å²) in [4.78, 5) is 22.7. The van der Waals surface area contributed by atoms with E-state index in [-0.39, 0.29) is 6.42 Å². The maximum atomic E-state index is 11.4. The number of aliphatic hydroxyl groups is 2. The van der Waals surface area contributed by atoms with E-state index in [2.05, 4.69) is 19.1 Å². The Labute approximate surface area is 177 Å².